The van der Waals surface area contributed by atoms with Crippen molar-refractivity contribution in [3.8, 4) is 0 Å². The van der Waals surface area contributed by atoms with Crippen LogP contribution in [0.4, 0.5) is 0 Å². The Labute approximate surface area is 98.3 Å². The van der Waals surface area contributed by atoms with Crippen LogP contribution in [0.1, 0.15) is 12.8 Å². The fraction of sp³-hybridized carbons (Fsp3) is 0.909. The molecule has 0 bridgehead atoms. The molecule has 1 aliphatic heterocycles. The number of rotatable bonds is 5. The first-order valence-corrected chi connectivity index (χ1v) is 5.93. The summed E-state index contributed by atoms with van der Waals surface area (Å²) in [5, 5.41) is 6.35. The molecule has 0 unspecified atom stereocenters. The van der Waals surface area contributed by atoms with Gasteiger partial charge in [0.05, 0.1) is 6.61 Å². The summed E-state index contributed by atoms with van der Waals surface area (Å²) in [6.45, 7) is 3.99. The molecular weight excluding hydrogens is 204 g/mol. The standard InChI is InChI=1S/C11H24N4O/c1-12-11(13-2)14-9-10-5-4-6-15(10)7-8-16-3/h10H,4-9H2,1-3H3,(H2,12,13,14)/t10-/m0/s1. The van der Waals surface area contributed by atoms with E-state index in [1.54, 1.807) is 14.2 Å². The van der Waals surface area contributed by atoms with Crippen LogP contribution in [-0.2, 0) is 4.74 Å². The molecule has 0 spiro atoms. The molecule has 16 heavy (non-hydrogen) atoms. The lowest BCUT2D eigenvalue weighted by Crippen LogP contribution is -2.44. The van der Waals surface area contributed by atoms with Crippen LogP contribution in [0.25, 0.3) is 0 Å². The number of hydrogen-bond donors (Lipinski definition) is 2. The molecule has 1 saturated heterocycles. The third kappa shape index (κ3) is 3.98. The van der Waals surface area contributed by atoms with Gasteiger partial charge in [0.15, 0.2) is 5.96 Å². The summed E-state index contributed by atoms with van der Waals surface area (Å²) in [7, 11) is 5.43. The van der Waals surface area contributed by atoms with Crippen molar-refractivity contribution in [1.29, 1.82) is 0 Å². The van der Waals surface area contributed by atoms with Gasteiger partial charge >= 0.3 is 0 Å². The Hall–Kier alpha value is -0.810. The molecule has 1 fully saturated rings. The van der Waals surface area contributed by atoms with Crippen LogP contribution < -0.4 is 10.6 Å². The van der Waals surface area contributed by atoms with Gasteiger partial charge in [-0.2, -0.15) is 0 Å². The normalized spacial score (nSPS) is 22.4. The minimum Gasteiger partial charge on any atom is -0.383 e. The second-order valence-corrected chi connectivity index (χ2v) is 4.03. The zero-order chi connectivity index (χ0) is 11.8. The Morgan fingerprint density at radius 3 is 3.00 bits per heavy atom. The number of hydrogen-bond acceptors (Lipinski definition) is 3. The Kier molecular flexibility index (Phi) is 6.18. The molecule has 0 radical (unpaired) electrons. The summed E-state index contributed by atoms with van der Waals surface area (Å²) < 4.78 is 5.12. The van der Waals surface area contributed by atoms with Crippen molar-refractivity contribution in [3.63, 3.8) is 0 Å². The first-order valence-electron chi connectivity index (χ1n) is 5.93. The van der Waals surface area contributed by atoms with Gasteiger partial charge in [0.2, 0.25) is 0 Å². The lowest BCUT2D eigenvalue weighted by atomic mass is 10.2. The lowest BCUT2D eigenvalue weighted by molar-refractivity contribution is 0.141. The van der Waals surface area contributed by atoms with Crippen molar-refractivity contribution in [2.24, 2.45) is 4.99 Å². The van der Waals surface area contributed by atoms with Crippen molar-refractivity contribution in [2.75, 3.05) is 47.4 Å². The summed E-state index contributed by atoms with van der Waals surface area (Å²) >= 11 is 0. The van der Waals surface area contributed by atoms with Crippen LogP contribution >= 0.6 is 0 Å². The molecule has 1 heterocycles. The van der Waals surface area contributed by atoms with E-state index in [1.165, 1.54) is 19.4 Å². The predicted octanol–water partition coefficient (Wildman–Crippen LogP) is -0.108. The highest BCUT2D eigenvalue weighted by Gasteiger charge is 2.23. The SMILES string of the molecule is CN=C(NC)NC[C@@H]1CCCN1CCOC. The van der Waals surface area contributed by atoms with Crippen LogP contribution in [0.3, 0.4) is 0 Å². The Morgan fingerprint density at radius 1 is 1.56 bits per heavy atom. The first kappa shape index (κ1) is 13.3. The predicted molar refractivity (Wildman–Crippen MR) is 66.9 cm³/mol. The van der Waals surface area contributed by atoms with E-state index in [-0.39, 0.29) is 0 Å². The molecular formula is C11H24N4O. The largest absolute Gasteiger partial charge is 0.383 e. The van der Waals surface area contributed by atoms with Crippen molar-refractivity contribution in [3.05, 3.63) is 0 Å². The van der Waals surface area contributed by atoms with Crippen LogP contribution in [0, 0.1) is 0 Å². The Bertz CT molecular complexity index is 220. The number of guanidine groups is 1. The summed E-state index contributed by atoms with van der Waals surface area (Å²) in [6.07, 6.45) is 2.55. The molecule has 0 aromatic carbocycles. The maximum Gasteiger partial charge on any atom is 0.190 e. The van der Waals surface area contributed by atoms with Crippen molar-refractivity contribution in [1.82, 2.24) is 15.5 Å². The van der Waals surface area contributed by atoms with E-state index < -0.39 is 0 Å². The summed E-state index contributed by atoms with van der Waals surface area (Å²) in [6, 6.07) is 0.611. The molecule has 0 saturated carbocycles. The third-order valence-corrected chi connectivity index (χ3v) is 3.05. The summed E-state index contributed by atoms with van der Waals surface area (Å²) in [4.78, 5) is 6.59. The highest BCUT2D eigenvalue weighted by molar-refractivity contribution is 5.79. The molecule has 1 atom stereocenters. The molecule has 0 aromatic rings. The lowest BCUT2D eigenvalue weighted by Gasteiger charge is -2.24. The Balaban J connectivity index is 2.29. The fourth-order valence-corrected chi connectivity index (χ4v) is 2.12. The van der Waals surface area contributed by atoms with Gasteiger partial charge in [-0.25, -0.2) is 0 Å². The zero-order valence-electron chi connectivity index (χ0n) is 10.6. The highest BCUT2D eigenvalue weighted by Crippen LogP contribution is 2.15. The molecule has 2 N–H and O–H groups in total. The number of aliphatic imine (C=N–C) groups is 1. The van der Waals surface area contributed by atoms with Crippen molar-refractivity contribution in [2.45, 2.75) is 18.9 Å². The zero-order valence-corrected chi connectivity index (χ0v) is 10.6. The molecule has 0 amide bonds. The average Bonchev–Trinajstić information content (AvgIpc) is 2.75. The number of nitrogens with one attached hydrogen (secondary N) is 2. The monoisotopic (exact) mass is 228 g/mol. The molecule has 5 heteroatoms. The fourth-order valence-electron chi connectivity index (χ4n) is 2.12. The van der Waals surface area contributed by atoms with Gasteiger partial charge in [-0.1, -0.05) is 0 Å². The number of methoxy groups -OCH3 is 1. The molecule has 5 nitrogen and oxygen atoms in total. The molecule has 1 aliphatic rings. The number of likely N-dealkylation sites (tertiary alicyclic amines) is 1. The van der Waals surface area contributed by atoms with Gasteiger partial charge in [-0.05, 0) is 19.4 Å². The molecule has 0 aromatic heterocycles. The Morgan fingerprint density at radius 2 is 2.38 bits per heavy atom. The minimum absolute atomic E-state index is 0.611. The van der Waals surface area contributed by atoms with E-state index in [0.717, 1.165) is 25.7 Å². The van der Waals surface area contributed by atoms with Crippen molar-refractivity contribution >= 4 is 5.96 Å². The van der Waals surface area contributed by atoms with Crippen LogP contribution in [-0.4, -0.2) is 64.3 Å². The molecule has 94 valence electrons. The van der Waals surface area contributed by atoms with E-state index in [2.05, 4.69) is 20.5 Å². The van der Waals surface area contributed by atoms with E-state index in [0.29, 0.717) is 6.04 Å². The van der Waals surface area contributed by atoms with Crippen LogP contribution in [0.15, 0.2) is 4.99 Å². The van der Waals surface area contributed by atoms with Gasteiger partial charge < -0.3 is 15.4 Å². The summed E-state index contributed by atoms with van der Waals surface area (Å²) in [5.41, 5.74) is 0. The second kappa shape index (κ2) is 7.46. The molecule has 0 aliphatic carbocycles. The van der Waals surface area contributed by atoms with E-state index >= 15 is 0 Å². The van der Waals surface area contributed by atoms with E-state index in [4.69, 9.17) is 4.74 Å². The van der Waals surface area contributed by atoms with Gasteiger partial charge in [0, 0.05) is 40.3 Å². The molecule has 1 rings (SSSR count). The van der Waals surface area contributed by atoms with Gasteiger partial charge in [0.25, 0.3) is 0 Å². The maximum absolute atomic E-state index is 5.12. The highest BCUT2D eigenvalue weighted by atomic mass is 16.5. The van der Waals surface area contributed by atoms with Gasteiger partial charge in [0.1, 0.15) is 0 Å². The van der Waals surface area contributed by atoms with Crippen molar-refractivity contribution < 1.29 is 4.74 Å². The maximum atomic E-state index is 5.12. The van der Waals surface area contributed by atoms with Crippen LogP contribution in [0.5, 0.6) is 0 Å². The quantitative estimate of drug-likeness (QED) is 0.509. The number of ether oxygens (including phenoxy) is 1. The average molecular weight is 228 g/mol. The van der Waals surface area contributed by atoms with E-state index in [9.17, 15) is 0 Å². The van der Waals surface area contributed by atoms with E-state index in [1.807, 2.05) is 7.05 Å². The van der Waals surface area contributed by atoms with Gasteiger partial charge in [-0.15, -0.1) is 0 Å². The summed E-state index contributed by atoms with van der Waals surface area (Å²) in [5.74, 6) is 0.860. The third-order valence-electron chi connectivity index (χ3n) is 3.05. The first-order chi connectivity index (χ1) is 7.81. The number of nitrogens with zero attached hydrogens (tertiary/aromatic N) is 2. The van der Waals surface area contributed by atoms with Crippen LogP contribution in [0.2, 0.25) is 0 Å². The topological polar surface area (TPSA) is 48.9 Å². The smallest absolute Gasteiger partial charge is 0.190 e. The van der Waals surface area contributed by atoms with Gasteiger partial charge in [-0.3, -0.25) is 9.89 Å². The second-order valence-electron chi connectivity index (χ2n) is 4.03. The minimum atomic E-state index is 0.611.